The quantitative estimate of drug-likeness (QED) is 0.667. The maximum absolute atomic E-state index is 9.87. The number of nitrogens with zero attached hydrogens (tertiary/aromatic N) is 5. The summed E-state index contributed by atoms with van der Waals surface area (Å²) >= 11 is 0. The van der Waals surface area contributed by atoms with E-state index in [1.54, 1.807) is 7.11 Å². The maximum Gasteiger partial charge on any atom is 0.229 e. The van der Waals surface area contributed by atoms with E-state index in [2.05, 4.69) is 34.4 Å². The Kier molecular flexibility index (Phi) is 5.27. The van der Waals surface area contributed by atoms with E-state index in [9.17, 15) is 5.11 Å². The number of fused-ring (bicyclic) bond motifs is 2. The first-order valence-corrected chi connectivity index (χ1v) is 11.1. The Morgan fingerprint density at radius 2 is 1.97 bits per heavy atom. The molecular formula is C23H30N6O2. The average molecular weight is 423 g/mol. The highest BCUT2D eigenvalue weighted by Crippen LogP contribution is 2.34. The molecule has 2 aliphatic rings. The van der Waals surface area contributed by atoms with Gasteiger partial charge in [0.05, 0.1) is 36.0 Å². The van der Waals surface area contributed by atoms with Crippen molar-refractivity contribution in [1.29, 1.82) is 0 Å². The SMILES string of the molecule is COc1cc2c(cc1Nc1ncc3c(C)nn([C@H]4CC[C@H](O)CC4)c3n1)CN(C)CC2. The third kappa shape index (κ3) is 3.85. The Bertz CT molecular complexity index is 1100. The monoisotopic (exact) mass is 422 g/mol. The van der Waals surface area contributed by atoms with Gasteiger partial charge in [0.1, 0.15) is 5.75 Å². The largest absolute Gasteiger partial charge is 0.495 e. The predicted molar refractivity (Wildman–Crippen MR) is 120 cm³/mol. The zero-order chi connectivity index (χ0) is 21.5. The second-order valence-corrected chi connectivity index (χ2v) is 8.86. The lowest BCUT2D eigenvalue weighted by molar-refractivity contribution is 0.109. The Morgan fingerprint density at radius 1 is 1.16 bits per heavy atom. The van der Waals surface area contributed by atoms with Gasteiger partial charge in [-0.2, -0.15) is 10.1 Å². The fourth-order valence-corrected chi connectivity index (χ4v) is 4.80. The number of likely N-dealkylation sites (N-methyl/N-ethyl adjacent to an activating group) is 1. The van der Waals surface area contributed by atoms with Gasteiger partial charge in [0.2, 0.25) is 5.95 Å². The van der Waals surface area contributed by atoms with E-state index in [0.717, 1.165) is 73.4 Å². The molecule has 2 aromatic heterocycles. The third-order valence-corrected chi connectivity index (χ3v) is 6.62. The number of ether oxygens (including phenoxy) is 1. The van der Waals surface area contributed by atoms with E-state index in [4.69, 9.17) is 14.8 Å². The maximum atomic E-state index is 9.87. The van der Waals surface area contributed by atoms with Gasteiger partial charge < -0.3 is 20.1 Å². The van der Waals surface area contributed by atoms with E-state index in [0.29, 0.717) is 5.95 Å². The standard InChI is InChI=1S/C23H30N6O2/c1-14-19-12-24-23(26-22(19)29(27-14)17-4-6-18(30)7-5-17)25-20-10-16-13-28(2)9-8-15(16)11-21(20)31-3/h10-12,17-18,30H,4-9,13H2,1-3H3,(H,24,25,26)/t17-,18-. The van der Waals surface area contributed by atoms with Crippen molar-refractivity contribution in [3.05, 3.63) is 35.2 Å². The van der Waals surface area contributed by atoms with Crippen LogP contribution < -0.4 is 10.1 Å². The zero-order valence-corrected chi connectivity index (χ0v) is 18.4. The summed E-state index contributed by atoms with van der Waals surface area (Å²) in [5.74, 6) is 1.34. The van der Waals surface area contributed by atoms with Gasteiger partial charge in [0.25, 0.3) is 0 Å². The van der Waals surface area contributed by atoms with Gasteiger partial charge in [-0.15, -0.1) is 0 Å². The lowest BCUT2D eigenvalue weighted by Crippen LogP contribution is -2.26. The molecule has 0 unspecified atom stereocenters. The number of anilines is 2. The van der Waals surface area contributed by atoms with E-state index >= 15 is 0 Å². The minimum absolute atomic E-state index is 0.193. The number of aliphatic hydroxyl groups is 1. The Balaban J connectivity index is 1.48. The molecule has 1 fully saturated rings. The Labute approximate surface area is 182 Å². The lowest BCUT2D eigenvalue weighted by Gasteiger charge is -2.26. The van der Waals surface area contributed by atoms with E-state index < -0.39 is 0 Å². The second-order valence-electron chi connectivity index (χ2n) is 8.86. The molecule has 1 aliphatic carbocycles. The molecule has 0 bridgehead atoms. The molecule has 0 saturated heterocycles. The topological polar surface area (TPSA) is 88.3 Å². The highest BCUT2D eigenvalue weighted by Gasteiger charge is 2.24. The van der Waals surface area contributed by atoms with Crippen molar-refractivity contribution in [2.45, 2.75) is 57.7 Å². The molecule has 1 aliphatic heterocycles. The number of rotatable bonds is 4. The van der Waals surface area contributed by atoms with Crippen LogP contribution in [0.1, 0.15) is 48.5 Å². The normalized spacial score (nSPS) is 21.8. The van der Waals surface area contributed by atoms with Crippen LogP contribution in [0.2, 0.25) is 0 Å². The molecule has 3 heterocycles. The summed E-state index contributed by atoms with van der Waals surface area (Å²) in [5, 5.41) is 19.0. The van der Waals surface area contributed by atoms with Crippen molar-refractivity contribution >= 4 is 22.7 Å². The van der Waals surface area contributed by atoms with Crippen LogP contribution in [0.3, 0.4) is 0 Å². The number of aryl methyl sites for hydroxylation is 1. The molecule has 8 nitrogen and oxygen atoms in total. The summed E-state index contributed by atoms with van der Waals surface area (Å²) < 4.78 is 7.69. The average Bonchev–Trinajstić information content (AvgIpc) is 3.09. The van der Waals surface area contributed by atoms with Crippen molar-refractivity contribution in [2.24, 2.45) is 0 Å². The Morgan fingerprint density at radius 3 is 2.74 bits per heavy atom. The van der Waals surface area contributed by atoms with Gasteiger partial charge in [-0.1, -0.05) is 0 Å². The molecule has 31 heavy (non-hydrogen) atoms. The molecule has 5 rings (SSSR count). The van der Waals surface area contributed by atoms with Crippen molar-refractivity contribution in [3.8, 4) is 5.75 Å². The van der Waals surface area contributed by atoms with Crippen LogP contribution in [0.5, 0.6) is 5.75 Å². The number of aromatic nitrogens is 4. The number of nitrogens with one attached hydrogen (secondary N) is 1. The molecule has 0 atom stereocenters. The molecule has 3 aromatic rings. The smallest absolute Gasteiger partial charge is 0.229 e. The summed E-state index contributed by atoms with van der Waals surface area (Å²) in [6, 6.07) is 4.55. The molecule has 0 amide bonds. The molecule has 0 radical (unpaired) electrons. The summed E-state index contributed by atoms with van der Waals surface area (Å²) in [7, 11) is 3.84. The van der Waals surface area contributed by atoms with E-state index in [-0.39, 0.29) is 12.1 Å². The van der Waals surface area contributed by atoms with Crippen LogP contribution in [0.4, 0.5) is 11.6 Å². The van der Waals surface area contributed by atoms with Gasteiger partial charge in [-0.05, 0) is 69.3 Å². The van der Waals surface area contributed by atoms with Gasteiger partial charge in [0.15, 0.2) is 5.65 Å². The Hall–Kier alpha value is -2.71. The third-order valence-electron chi connectivity index (χ3n) is 6.62. The molecular weight excluding hydrogens is 392 g/mol. The fraction of sp³-hybridized carbons (Fsp3) is 0.522. The van der Waals surface area contributed by atoms with E-state index in [1.165, 1.54) is 11.1 Å². The summed E-state index contributed by atoms with van der Waals surface area (Å²) in [5.41, 5.74) is 5.29. The summed E-state index contributed by atoms with van der Waals surface area (Å²) in [6.45, 7) is 3.98. The number of hydrogen-bond donors (Lipinski definition) is 2. The highest BCUT2D eigenvalue weighted by molar-refractivity contribution is 5.79. The zero-order valence-electron chi connectivity index (χ0n) is 18.4. The van der Waals surface area contributed by atoms with Crippen molar-refractivity contribution in [3.63, 3.8) is 0 Å². The molecule has 2 N–H and O–H groups in total. The van der Waals surface area contributed by atoms with Crippen LogP contribution in [-0.2, 0) is 13.0 Å². The number of methoxy groups -OCH3 is 1. The second kappa shape index (κ2) is 8.09. The van der Waals surface area contributed by atoms with Gasteiger partial charge in [-0.25, -0.2) is 9.67 Å². The molecule has 1 saturated carbocycles. The first kappa shape index (κ1) is 20.2. The van der Waals surface area contributed by atoms with Crippen molar-refractivity contribution in [1.82, 2.24) is 24.6 Å². The van der Waals surface area contributed by atoms with Gasteiger partial charge in [0, 0.05) is 19.3 Å². The summed E-state index contributed by atoms with van der Waals surface area (Å²) in [6.07, 6.45) is 6.12. The molecule has 8 heteroatoms. The predicted octanol–water partition coefficient (Wildman–Crippen LogP) is 3.35. The van der Waals surface area contributed by atoms with Crippen LogP contribution in [-0.4, -0.2) is 56.6 Å². The van der Waals surface area contributed by atoms with Gasteiger partial charge >= 0.3 is 0 Å². The van der Waals surface area contributed by atoms with Crippen molar-refractivity contribution in [2.75, 3.05) is 26.0 Å². The number of hydrogen-bond acceptors (Lipinski definition) is 7. The van der Waals surface area contributed by atoms with Crippen LogP contribution in [0.25, 0.3) is 11.0 Å². The van der Waals surface area contributed by atoms with Gasteiger partial charge in [-0.3, -0.25) is 0 Å². The number of aliphatic hydroxyl groups excluding tert-OH is 1. The number of benzene rings is 1. The van der Waals surface area contributed by atoms with Crippen LogP contribution in [0, 0.1) is 6.92 Å². The molecule has 164 valence electrons. The minimum atomic E-state index is -0.193. The molecule has 1 aromatic carbocycles. The fourth-order valence-electron chi connectivity index (χ4n) is 4.80. The highest BCUT2D eigenvalue weighted by atomic mass is 16.5. The van der Waals surface area contributed by atoms with Crippen molar-refractivity contribution < 1.29 is 9.84 Å². The molecule has 0 spiro atoms. The minimum Gasteiger partial charge on any atom is -0.495 e. The van der Waals surface area contributed by atoms with Crippen LogP contribution in [0.15, 0.2) is 18.3 Å². The first-order chi connectivity index (χ1) is 15.0. The summed E-state index contributed by atoms with van der Waals surface area (Å²) in [4.78, 5) is 11.7. The lowest BCUT2D eigenvalue weighted by atomic mass is 9.93. The van der Waals surface area contributed by atoms with Crippen LogP contribution >= 0.6 is 0 Å². The first-order valence-electron chi connectivity index (χ1n) is 11.1. The van der Waals surface area contributed by atoms with E-state index in [1.807, 2.05) is 17.8 Å².